The molecule has 29 heavy (non-hydrogen) atoms. The highest BCUT2D eigenvalue weighted by atomic mass is 19.4. The summed E-state index contributed by atoms with van der Waals surface area (Å²) in [5.41, 5.74) is 3.53. The second kappa shape index (κ2) is 7.66. The summed E-state index contributed by atoms with van der Waals surface area (Å²) in [6.07, 6.45) is 2.71. The Balaban J connectivity index is 1.70. The average Bonchev–Trinajstić information content (AvgIpc) is 3.28. The van der Waals surface area contributed by atoms with E-state index in [1.165, 1.54) is 6.92 Å². The van der Waals surface area contributed by atoms with Crippen LogP contribution in [0.5, 0.6) is 0 Å². The molecule has 1 saturated carbocycles. The third kappa shape index (κ3) is 4.36. The van der Waals surface area contributed by atoms with Gasteiger partial charge in [-0.1, -0.05) is 0 Å². The zero-order chi connectivity index (χ0) is 20.6. The van der Waals surface area contributed by atoms with Gasteiger partial charge in [-0.3, -0.25) is 5.10 Å². The number of hydrogen-bond donors (Lipinski definition) is 3. The maximum Gasteiger partial charge on any atom is 0.391 e. The number of aromatic nitrogens is 5. The molecule has 0 aliphatic heterocycles. The Morgan fingerprint density at radius 3 is 2.69 bits per heavy atom. The number of aromatic amines is 1. The molecule has 1 atom stereocenters. The van der Waals surface area contributed by atoms with E-state index in [0.717, 1.165) is 48.0 Å². The van der Waals surface area contributed by atoms with Crippen LogP contribution in [0.25, 0.3) is 16.6 Å². The van der Waals surface area contributed by atoms with E-state index >= 15 is 0 Å². The molecule has 0 radical (unpaired) electrons. The topological polar surface area (TPSA) is 91.1 Å². The number of fused-ring (bicyclic) bond motifs is 1. The number of nitrogens with one attached hydrogen (secondary N) is 2. The van der Waals surface area contributed by atoms with Crippen LogP contribution in [0, 0.1) is 0 Å². The van der Waals surface area contributed by atoms with Crippen LogP contribution >= 0.6 is 0 Å². The quantitative estimate of drug-likeness (QED) is 0.596. The normalized spacial score (nSPS) is 21.4. The minimum absolute atomic E-state index is 0.153. The van der Waals surface area contributed by atoms with Gasteiger partial charge in [-0.25, -0.2) is 9.50 Å². The number of nitrogens with zero attached hydrogens (tertiary/aromatic N) is 4. The molecule has 3 heterocycles. The van der Waals surface area contributed by atoms with E-state index < -0.39 is 18.6 Å². The number of aliphatic hydroxyl groups excluding tert-OH is 1. The van der Waals surface area contributed by atoms with E-state index in [4.69, 9.17) is 0 Å². The van der Waals surface area contributed by atoms with Crippen LogP contribution < -0.4 is 5.32 Å². The zero-order valence-corrected chi connectivity index (χ0v) is 15.9. The van der Waals surface area contributed by atoms with Gasteiger partial charge in [0.2, 0.25) is 5.95 Å². The first-order valence-corrected chi connectivity index (χ1v) is 9.69. The Morgan fingerprint density at radius 1 is 1.28 bits per heavy atom. The van der Waals surface area contributed by atoms with Crippen molar-refractivity contribution in [3.63, 3.8) is 0 Å². The van der Waals surface area contributed by atoms with E-state index in [0.29, 0.717) is 0 Å². The van der Waals surface area contributed by atoms with Crippen molar-refractivity contribution in [2.24, 2.45) is 0 Å². The molecule has 3 N–H and O–H groups in total. The molecule has 3 aromatic rings. The highest BCUT2D eigenvalue weighted by Crippen LogP contribution is 2.37. The summed E-state index contributed by atoms with van der Waals surface area (Å²) in [4.78, 5) is 4.24. The first-order chi connectivity index (χ1) is 13.8. The highest BCUT2D eigenvalue weighted by molar-refractivity contribution is 5.80. The minimum atomic E-state index is -4.26. The molecule has 0 unspecified atom stereocenters. The molecule has 3 aromatic heterocycles. The van der Waals surface area contributed by atoms with E-state index in [-0.39, 0.29) is 18.0 Å². The number of anilines is 1. The maximum atomic E-state index is 12.6. The van der Waals surface area contributed by atoms with E-state index in [2.05, 4.69) is 25.6 Å². The molecule has 0 spiro atoms. The van der Waals surface area contributed by atoms with Crippen LogP contribution in [0.15, 0.2) is 24.7 Å². The van der Waals surface area contributed by atoms with Gasteiger partial charge in [-0.15, -0.1) is 5.10 Å². The van der Waals surface area contributed by atoms with Gasteiger partial charge in [-0.05, 0) is 38.7 Å². The Hall–Kier alpha value is -2.62. The SMILES string of the molecule is C[C@@H](CC(F)(F)F)Nc1ncc2c(-c3cn[nH]c3)cc([C@H]3CC[C@H](O)CC3)n2n1. The first-order valence-electron chi connectivity index (χ1n) is 9.69. The predicted molar refractivity (Wildman–Crippen MR) is 102 cm³/mol. The lowest BCUT2D eigenvalue weighted by Crippen LogP contribution is -2.25. The summed E-state index contributed by atoms with van der Waals surface area (Å²) in [6.45, 7) is 1.46. The van der Waals surface area contributed by atoms with Crippen LogP contribution in [0.4, 0.5) is 19.1 Å². The van der Waals surface area contributed by atoms with Gasteiger partial charge in [-0.2, -0.15) is 18.3 Å². The lowest BCUT2D eigenvalue weighted by molar-refractivity contribution is -0.136. The summed E-state index contributed by atoms with van der Waals surface area (Å²) in [6, 6.07) is 1.20. The van der Waals surface area contributed by atoms with Crippen molar-refractivity contribution in [2.45, 2.75) is 63.3 Å². The molecule has 1 fully saturated rings. The summed E-state index contributed by atoms with van der Waals surface area (Å²) in [5.74, 6) is 0.364. The van der Waals surface area contributed by atoms with Gasteiger partial charge >= 0.3 is 6.18 Å². The molecule has 10 heteroatoms. The largest absolute Gasteiger partial charge is 0.393 e. The lowest BCUT2D eigenvalue weighted by atomic mass is 9.85. The number of aliphatic hydroxyl groups is 1. The van der Waals surface area contributed by atoms with Crippen molar-refractivity contribution in [1.82, 2.24) is 24.8 Å². The third-order valence-corrected chi connectivity index (χ3v) is 5.38. The van der Waals surface area contributed by atoms with Crippen LogP contribution in [-0.4, -0.2) is 48.2 Å². The van der Waals surface area contributed by atoms with Gasteiger partial charge < -0.3 is 10.4 Å². The molecule has 4 rings (SSSR count). The maximum absolute atomic E-state index is 12.6. The standard InChI is InChI=1S/C19H23F3N6O/c1-11(7-19(20,21)22)26-18-23-10-17-15(13-8-24-25-9-13)6-16(28(17)27-18)12-2-4-14(29)5-3-12/h6,8-12,14,29H,2-5,7H2,1H3,(H,24,25)(H,26,27)/t11-,12-,14-/m0/s1. The second-order valence-corrected chi connectivity index (χ2v) is 7.72. The van der Waals surface area contributed by atoms with Crippen LogP contribution in [0.3, 0.4) is 0 Å². The number of halogens is 3. The highest BCUT2D eigenvalue weighted by Gasteiger charge is 2.30. The first kappa shape index (κ1) is 19.7. The smallest absolute Gasteiger partial charge is 0.391 e. The molecular weight excluding hydrogens is 385 g/mol. The van der Waals surface area contributed by atoms with Crippen LogP contribution in [0.1, 0.15) is 50.6 Å². The van der Waals surface area contributed by atoms with Crippen LogP contribution in [-0.2, 0) is 0 Å². The van der Waals surface area contributed by atoms with Crippen molar-refractivity contribution in [3.8, 4) is 11.1 Å². The van der Waals surface area contributed by atoms with E-state index in [1.54, 1.807) is 23.1 Å². The Morgan fingerprint density at radius 2 is 2.03 bits per heavy atom. The van der Waals surface area contributed by atoms with Crippen molar-refractivity contribution in [2.75, 3.05) is 5.32 Å². The number of hydrogen-bond acceptors (Lipinski definition) is 5. The van der Waals surface area contributed by atoms with Crippen molar-refractivity contribution >= 4 is 11.5 Å². The van der Waals surface area contributed by atoms with Crippen molar-refractivity contribution < 1.29 is 18.3 Å². The molecule has 0 bridgehead atoms. The summed E-state index contributed by atoms with van der Waals surface area (Å²) in [5, 5.41) is 23.9. The van der Waals surface area contributed by atoms with Gasteiger partial charge in [0.15, 0.2) is 0 Å². The molecule has 0 saturated heterocycles. The number of alkyl halides is 3. The second-order valence-electron chi connectivity index (χ2n) is 7.72. The molecular formula is C19H23F3N6O. The Bertz CT molecular complexity index is 960. The third-order valence-electron chi connectivity index (χ3n) is 5.38. The fourth-order valence-corrected chi connectivity index (χ4v) is 3.99. The molecule has 1 aliphatic carbocycles. The average molecular weight is 408 g/mol. The van der Waals surface area contributed by atoms with Gasteiger partial charge in [0.1, 0.15) is 0 Å². The lowest BCUT2D eigenvalue weighted by Gasteiger charge is -2.25. The summed E-state index contributed by atoms with van der Waals surface area (Å²) >= 11 is 0. The Kier molecular flexibility index (Phi) is 5.20. The number of H-pyrrole nitrogens is 1. The summed E-state index contributed by atoms with van der Waals surface area (Å²) < 4.78 is 39.7. The molecule has 0 amide bonds. The monoisotopic (exact) mass is 408 g/mol. The Labute approximate surface area is 165 Å². The fourth-order valence-electron chi connectivity index (χ4n) is 3.99. The molecule has 0 aromatic carbocycles. The molecule has 1 aliphatic rings. The van der Waals surface area contributed by atoms with E-state index in [1.807, 2.05) is 6.07 Å². The minimum Gasteiger partial charge on any atom is -0.393 e. The van der Waals surface area contributed by atoms with E-state index in [9.17, 15) is 18.3 Å². The van der Waals surface area contributed by atoms with Crippen LogP contribution in [0.2, 0.25) is 0 Å². The van der Waals surface area contributed by atoms with Crippen molar-refractivity contribution in [1.29, 1.82) is 0 Å². The molecule has 156 valence electrons. The number of rotatable bonds is 5. The zero-order valence-electron chi connectivity index (χ0n) is 15.9. The summed E-state index contributed by atoms with van der Waals surface area (Å²) in [7, 11) is 0. The predicted octanol–water partition coefficient (Wildman–Crippen LogP) is 3.89. The van der Waals surface area contributed by atoms with Gasteiger partial charge in [0, 0.05) is 35.0 Å². The molecule has 7 nitrogen and oxygen atoms in total. The fraction of sp³-hybridized carbons (Fsp3) is 0.526. The van der Waals surface area contributed by atoms with Gasteiger partial charge in [0.25, 0.3) is 0 Å². The van der Waals surface area contributed by atoms with Gasteiger partial charge in [0.05, 0.1) is 30.4 Å². The van der Waals surface area contributed by atoms with Crippen molar-refractivity contribution in [3.05, 3.63) is 30.4 Å².